The van der Waals surface area contributed by atoms with Gasteiger partial charge in [0.05, 0.1) is 4.88 Å². The predicted molar refractivity (Wildman–Crippen MR) is 113 cm³/mol. The molecule has 0 spiro atoms. The van der Waals surface area contributed by atoms with Crippen molar-refractivity contribution < 1.29 is 22.8 Å². The highest BCUT2D eigenvalue weighted by molar-refractivity contribution is 7.91. The number of aromatic nitrogens is 1. The van der Waals surface area contributed by atoms with E-state index in [0.29, 0.717) is 16.5 Å². The Labute approximate surface area is 178 Å². The number of carbonyl (C=O) groups is 1. The normalized spacial score (nSPS) is 23.3. The second-order valence-electron chi connectivity index (χ2n) is 7.75. The zero-order valence-electron chi connectivity index (χ0n) is 16.6. The third-order valence-corrected chi connectivity index (χ3v) is 8.65. The number of aliphatic carboxylic acids is 1. The summed E-state index contributed by atoms with van der Waals surface area (Å²) in [5.74, 6) is -0.649. The van der Waals surface area contributed by atoms with E-state index >= 15 is 0 Å². The van der Waals surface area contributed by atoms with Crippen LogP contribution in [0.25, 0.3) is 10.6 Å². The van der Waals surface area contributed by atoms with Crippen LogP contribution in [-0.2, 0) is 20.2 Å². The van der Waals surface area contributed by atoms with Crippen LogP contribution < -0.4 is 9.62 Å². The third-order valence-electron chi connectivity index (χ3n) is 5.56. The Kier molecular flexibility index (Phi) is 4.75. The molecule has 0 amide bonds. The van der Waals surface area contributed by atoms with E-state index in [1.165, 1.54) is 6.07 Å². The second-order valence-corrected chi connectivity index (χ2v) is 10.7. The standard InChI is InChI=1S/C20H21N3O5S2/c1-19(13-7-5-4-6-8-13)12-20(19,18(24)25)22-30(26,27)17-10-9-15(29-17)14-11-16(23(2)3)28-21-14/h4-11,22H,12H2,1-3H3,(H,24,25)/t19?,20-/m1/s1. The smallest absolute Gasteiger partial charge is 0.325 e. The number of hydrogen-bond donors (Lipinski definition) is 2. The summed E-state index contributed by atoms with van der Waals surface area (Å²) in [7, 11) is -0.440. The molecule has 30 heavy (non-hydrogen) atoms. The van der Waals surface area contributed by atoms with Gasteiger partial charge in [-0.05, 0) is 24.1 Å². The zero-order valence-corrected chi connectivity index (χ0v) is 18.3. The monoisotopic (exact) mass is 447 g/mol. The lowest BCUT2D eigenvalue weighted by Crippen LogP contribution is -2.47. The molecule has 4 rings (SSSR count). The Hall–Kier alpha value is -2.69. The van der Waals surface area contributed by atoms with Gasteiger partial charge in [0.2, 0.25) is 5.88 Å². The van der Waals surface area contributed by atoms with E-state index < -0.39 is 26.9 Å². The van der Waals surface area contributed by atoms with Crippen molar-refractivity contribution in [1.82, 2.24) is 9.88 Å². The SMILES string of the molecule is CN(C)c1cc(-c2ccc(S(=O)(=O)N[C@@]3(C(=O)O)CC3(C)c3ccccc3)s2)no1. The minimum atomic E-state index is -4.06. The van der Waals surface area contributed by atoms with Crippen LogP contribution in [0.5, 0.6) is 0 Å². The van der Waals surface area contributed by atoms with Crippen molar-refractivity contribution in [2.24, 2.45) is 0 Å². The van der Waals surface area contributed by atoms with Gasteiger partial charge in [0.25, 0.3) is 10.0 Å². The fourth-order valence-corrected chi connectivity index (χ4v) is 6.33. The molecule has 0 saturated heterocycles. The Morgan fingerprint density at radius 1 is 1.23 bits per heavy atom. The number of hydrogen-bond acceptors (Lipinski definition) is 7. The summed E-state index contributed by atoms with van der Waals surface area (Å²) in [5.41, 5.74) is -1.14. The van der Waals surface area contributed by atoms with Crippen LogP contribution in [0.1, 0.15) is 18.9 Å². The van der Waals surface area contributed by atoms with Gasteiger partial charge in [-0.2, -0.15) is 4.72 Å². The number of carboxylic acids is 1. The molecule has 158 valence electrons. The molecule has 10 heteroatoms. The van der Waals surface area contributed by atoms with Crippen molar-refractivity contribution in [3.63, 3.8) is 0 Å². The van der Waals surface area contributed by atoms with Crippen molar-refractivity contribution in [2.75, 3.05) is 19.0 Å². The minimum Gasteiger partial charge on any atom is -0.480 e. The van der Waals surface area contributed by atoms with Crippen LogP contribution in [0.4, 0.5) is 5.88 Å². The molecule has 8 nitrogen and oxygen atoms in total. The largest absolute Gasteiger partial charge is 0.480 e. The van der Waals surface area contributed by atoms with Crippen LogP contribution in [0.15, 0.2) is 57.3 Å². The molecule has 1 unspecified atom stereocenters. The van der Waals surface area contributed by atoms with Crippen LogP contribution in [-0.4, -0.2) is 44.3 Å². The predicted octanol–water partition coefficient (Wildman–Crippen LogP) is 2.93. The van der Waals surface area contributed by atoms with E-state index in [4.69, 9.17) is 4.52 Å². The van der Waals surface area contributed by atoms with E-state index in [1.807, 2.05) is 44.4 Å². The fourth-order valence-electron chi connectivity index (χ4n) is 3.62. The van der Waals surface area contributed by atoms with Gasteiger partial charge in [0, 0.05) is 25.6 Å². The van der Waals surface area contributed by atoms with Crippen molar-refractivity contribution in [1.29, 1.82) is 0 Å². The van der Waals surface area contributed by atoms with Crippen molar-refractivity contribution in [3.8, 4) is 10.6 Å². The van der Waals surface area contributed by atoms with Crippen LogP contribution >= 0.6 is 11.3 Å². The molecule has 2 aromatic heterocycles. The van der Waals surface area contributed by atoms with E-state index in [-0.39, 0.29) is 10.6 Å². The van der Waals surface area contributed by atoms with E-state index in [9.17, 15) is 18.3 Å². The Morgan fingerprint density at radius 2 is 1.93 bits per heavy atom. The fraction of sp³-hybridized carbons (Fsp3) is 0.300. The van der Waals surface area contributed by atoms with Gasteiger partial charge in [-0.25, -0.2) is 8.42 Å². The van der Waals surface area contributed by atoms with Gasteiger partial charge in [0.1, 0.15) is 15.4 Å². The number of carboxylic acid groups (broad SMARTS) is 1. The molecule has 1 fully saturated rings. The molecule has 0 bridgehead atoms. The number of benzene rings is 1. The highest BCUT2D eigenvalue weighted by atomic mass is 32.2. The van der Waals surface area contributed by atoms with Gasteiger partial charge in [-0.15, -0.1) is 11.3 Å². The average Bonchev–Trinajstić information content (AvgIpc) is 3.11. The Balaban J connectivity index is 1.63. The summed E-state index contributed by atoms with van der Waals surface area (Å²) in [5, 5.41) is 13.9. The number of nitrogens with zero attached hydrogens (tertiary/aromatic N) is 2. The molecule has 2 heterocycles. The molecule has 3 aromatic rings. The van der Waals surface area contributed by atoms with Crippen molar-refractivity contribution in [3.05, 3.63) is 54.1 Å². The van der Waals surface area contributed by atoms with Gasteiger partial charge in [0.15, 0.2) is 0 Å². The number of thiophene rings is 1. The number of sulfonamides is 1. The summed E-state index contributed by atoms with van der Waals surface area (Å²) in [4.78, 5) is 14.5. The molecule has 1 aliphatic rings. The van der Waals surface area contributed by atoms with Gasteiger partial charge in [-0.1, -0.05) is 42.4 Å². The van der Waals surface area contributed by atoms with Crippen LogP contribution in [0, 0.1) is 0 Å². The molecule has 2 N–H and O–H groups in total. The summed E-state index contributed by atoms with van der Waals surface area (Å²) in [6, 6.07) is 13.9. The molecule has 0 radical (unpaired) electrons. The first-order chi connectivity index (χ1) is 14.1. The molecular weight excluding hydrogens is 426 g/mol. The van der Waals surface area contributed by atoms with E-state index in [2.05, 4.69) is 9.88 Å². The molecule has 1 aliphatic carbocycles. The van der Waals surface area contributed by atoms with Gasteiger partial charge in [-0.3, -0.25) is 4.79 Å². The third kappa shape index (κ3) is 3.21. The molecule has 1 aromatic carbocycles. The summed E-state index contributed by atoms with van der Waals surface area (Å²) in [6.07, 6.45) is 0.173. The number of anilines is 1. The Morgan fingerprint density at radius 3 is 2.53 bits per heavy atom. The molecule has 1 saturated carbocycles. The number of nitrogens with one attached hydrogen (secondary N) is 1. The first-order valence-electron chi connectivity index (χ1n) is 9.16. The maximum Gasteiger partial charge on any atom is 0.325 e. The first kappa shape index (κ1) is 20.6. The van der Waals surface area contributed by atoms with Crippen LogP contribution in [0.2, 0.25) is 0 Å². The maximum atomic E-state index is 13.1. The summed E-state index contributed by atoms with van der Waals surface area (Å²) in [6.45, 7) is 1.76. The van der Waals surface area contributed by atoms with Crippen molar-refractivity contribution in [2.45, 2.75) is 28.5 Å². The second kappa shape index (κ2) is 6.93. The maximum absolute atomic E-state index is 13.1. The zero-order chi connectivity index (χ0) is 21.7. The lowest BCUT2D eigenvalue weighted by atomic mass is 9.93. The summed E-state index contributed by atoms with van der Waals surface area (Å²) < 4.78 is 33.8. The molecule has 2 atom stereocenters. The quantitative estimate of drug-likeness (QED) is 0.572. The average molecular weight is 448 g/mol. The highest BCUT2D eigenvalue weighted by Gasteiger charge is 2.72. The lowest BCUT2D eigenvalue weighted by Gasteiger charge is -2.20. The lowest BCUT2D eigenvalue weighted by molar-refractivity contribution is -0.140. The summed E-state index contributed by atoms with van der Waals surface area (Å²) >= 11 is 1.01. The molecular formula is C20H21N3O5S2. The van der Waals surface area contributed by atoms with Crippen LogP contribution in [0.3, 0.4) is 0 Å². The van der Waals surface area contributed by atoms with Gasteiger partial charge < -0.3 is 14.5 Å². The highest BCUT2D eigenvalue weighted by Crippen LogP contribution is 2.58. The Bertz CT molecular complexity index is 1200. The molecule has 0 aliphatic heterocycles. The minimum absolute atomic E-state index is 0.0230. The van der Waals surface area contributed by atoms with Gasteiger partial charge >= 0.3 is 5.97 Å². The van der Waals surface area contributed by atoms with Crippen molar-refractivity contribution >= 4 is 33.2 Å². The topological polar surface area (TPSA) is 113 Å². The first-order valence-corrected chi connectivity index (χ1v) is 11.5. The van der Waals surface area contributed by atoms with E-state index in [1.54, 1.807) is 24.0 Å². The number of rotatable bonds is 7. The van der Waals surface area contributed by atoms with E-state index in [0.717, 1.165) is 16.9 Å².